The number of nitrogens with one attached hydrogen (secondary N) is 2. The van der Waals surface area contributed by atoms with Gasteiger partial charge in [-0.2, -0.15) is 0 Å². The number of hydrogen-bond donors (Lipinski definition) is 2. The maximum atomic E-state index is 5.68. The van der Waals surface area contributed by atoms with Crippen LogP contribution in [0.4, 0.5) is 5.69 Å². The van der Waals surface area contributed by atoms with Gasteiger partial charge in [0.2, 0.25) is 0 Å². The molecule has 1 aliphatic rings. The van der Waals surface area contributed by atoms with E-state index in [1.807, 2.05) is 0 Å². The predicted octanol–water partition coefficient (Wildman–Crippen LogP) is 3.88. The fraction of sp³-hybridized carbons (Fsp3) is 0.222. The molecule has 0 saturated heterocycles. The SMILES string of the molecule is CC1c2nc[nH]c2CCN1C(=S)Nc1cccc2ccccc12. The second kappa shape index (κ2) is 5.66. The molecule has 1 aromatic heterocycles. The van der Waals surface area contributed by atoms with E-state index in [2.05, 4.69) is 69.6 Å². The van der Waals surface area contributed by atoms with Crippen molar-refractivity contribution in [1.29, 1.82) is 0 Å². The predicted molar refractivity (Wildman–Crippen MR) is 97.6 cm³/mol. The molecule has 2 aromatic carbocycles. The molecule has 0 aliphatic carbocycles. The quantitative estimate of drug-likeness (QED) is 0.667. The third-order valence-corrected chi connectivity index (χ3v) is 4.85. The van der Waals surface area contributed by atoms with E-state index >= 15 is 0 Å². The van der Waals surface area contributed by atoms with Gasteiger partial charge < -0.3 is 15.2 Å². The van der Waals surface area contributed by atoms with E-state index in [-0.39, 0.29) is 6.04 Å². The maximum Gasteiger partial charge on any atom is 0.174 e. The first-order valence-corrected chi connectivity index (χ1v) is 8.22. The summed E-state index contributed by atoms with van der Waals surface area (Å²) in [5.74, 6) is 0. The van der Waals surface area contributed by atoms with Gasteiger partial charge in [0.25, 0.3) is 0 Å². The highest BCUT2D eigenvalue weighted by Gasteiger charge is 2.27. The highest BCUT2D eigenvalue weighted by Crippen LogP contribution is 2.29. The minimum absolute atomic E-state index is 0.181. The molecule has 4 nitrogen and oxygen atoms in total. The molecule has 1 atom stereocenters. The molecule has 23 heavy (non-hydrogen) atoms. The van der Waals surface area contributed by atoms with Crippen LogP contribution in [-0.4, -0.2) is 26.5 Å². The van der Waals surface area contributed by atoms with Crippen molar-refractivity contribution in [3.05, 3.63) is 60.2 Å². The average molecular weight is 322 g/mol. The largest absolute Gasteiger partial charge is 0.348 e. The normalized spacial score (nSPS) is 17.1. The number of aromatic nitrogens is 2. The van der Waals surface area contributed by atoms with E-state index in [9.17, 15) is 0 Å². The highest BCUT2D eigenvalue weighted by molar-refractivity contribution is 7.80. The fourth-order valence-corrected chi connectivity index (χ4v) is 3.62. The Morgan fingerprint density at radius 3 is 3.00 bits per heavy atom. The zero-order chi connectivity index (χ0) is 15.8. The van der Waals surface area contributed by atoms with Gasteiger partial charge in [0, 0.05) is 29.7 Å². The van der Waals surface area contributed by atoms with Gasteiger partial charge in [-0.25, -0.2) is 4.98 Å². The van der Waals surface area contributed by atoms with Crippen molar-refractivity contribution in [3.8, 4) is 0 Å². The molecule has 5 heteroatoms. The lowest BCUT2D eigenvalue weighted by molar-refractivity contribution is 0.317. The third kappa shape index (κ3) is 2.47. The van der Waals surface area contributed by atoms with Crippen molar-refractivity contribution in [1.82, 2.24) is 14.9 Å². The summed E-state index contributed by atoms with van der Waals surface area (Å²) in [5, 5.41) is 6.57. The smallest absolute Gasteiger partial charge is 0.174 e. The average Bonchev–Trinajstić information content (AvgIpc) is 3.05. The van der Waals surface area contributed by atoms with Gasteiger partial charge in [0.1, 0.15) is 0 Å². The van der Waals surface area contributed by atoms with Gasteiger partial charge in [-0.05, 0) is 30.6 Å². The number of hydrogen-bond acceptors (Lipinski definition) is 2. The van der Waals surface area contributed by atoms with E-state index in [4.69, 9.17) is 12.2 Å². The number of nitrogens with zero attached hydrogens (tertiary/aromatic N) is 2. The Hall–Kier alpha value is -2.40. The van der Waals surface area contributed by atoms with Gasteiger partial charge in [0.05, 0.1) is 18.1 Å². The van der Waals surface area contributed by atoms with Crippen LogP contribution >= 0.6 is 12.2 Å². The molecule has 2 N–H and O–H groups in total. The van der Waals surface area contributed by atoms with Crippen molar-refractivity contribution in [2.45, 2.75) is 19.4 Å². The summed E-state index contributed by atoms with van der Waals surface area (Å²) in [6.07, 6.45) is 2.71. The molecular formula is C18H18N4S. The summed E-state index contributed by atoms with van der Waals surface area (Å²) in [5.41, 5.74) is 3.37. The Morgan fingerprint density at radius 2 is 2.09 bits per heavy atom. The summed E-state index contributed by atoms with van der Waals surface area (Å²) in [6, 6.07) is 14.8. The Morgan fingerprint density at radius 1 is 1.26 bits per heavy atom. The van der Waals surface area contributed by atoms with Crippen LogP contribution in [0, 0.1) is 0 Å². The molecule has 0 radical (unpaired) electrons. The van der Waals surface area contributed by atoms with Crippen LogP contribution in [-0.2, 0) is 6.42 Å². The zero-order valence-electron chi connectivity index (χ0n) is 12.9. The summed E-state index contributed by atoms with van der Waals surface area (Å²) in [7, 11) is 0. The summed E-state index contributed by atoms with van der Waals surface area (Å²) in [6.45, 7) is 3.04. The topological polar surface area (TPSA) is 44.0 Å². The van der Waals surface area contributed by atoms with Crippen LogP contribution in [0.5, 0.6) is 0 Å². The van der Waals surface area contributed by atoms with Crippen LogP contribution in [0.25, 0.3) is 10.8 Å². The molecular weight excluding hydrogens is 304 g/mol. The molecule has 4 rings (SSSR count). The molecule has 116 valence electrons. The molecule has 0 amide bonds. The van der Waals surface area contributed by atoms with Crippen molar-refractivity contribution in [2.75, 3.05) is 11.9 Å². The first kappa shape index (κ1) is 14.2. The van der Waals surface area contributed by atoms with Crippen molar-refractivity contribution in [2.24, 2.45) is 0 Å². The Bertz CT molecular complexity index is 865. The molecule has 3 aromatic rings. The van der Waals surface area contributed by atoms with E-state index in [1.54, 1.807) is 6.33 Å². The zero-order valence-corrected chi connectivity index (χ0v) is 13.7. The minimum atomic E-state index is 0.181. The number of imidazole rings is 1. The second-order valence-electron chi connectivity index (χ2n) is 5.84. The molecule has 2 heterocycles. The lowest BCUT2D eigenvalue weighted by Gasteiger charge is -2.34. The van der Waals surface area contributed by atoms with Gasteiger partial charge in [-0.1, -0.05) is 36.4 Å². The first-order valence-electron chi connectivity index (χ1n) is 7.81. The van der Waals surface area contributed by atoms with E-state index in [1.165, 1.54) is 16.5 Å². The summed E-state index contributed by atoms with van der Waals surface area (Å²) >= 11 is 5.68. The number of benzene rings is 2. The molecule has 1 aliphatic heterocycles. The maximum absolute atomic E-state index is 5.68. The van der Waals surface area contributed by atoms with E-state index in [0.29, 0.717) is 0 Å². The van der Waals surface area contributed by atoms with Crippen LogP contribution in [0.2, 0.25) is 0 Å². The molecule has 0 spiro atoms. The van der Waals surface area contributed by atoms with E-state index < -0.39 is 0 Å². The number of rotatable bonds is 1. The van der Waals surface area contributed by atoms with Crippen LogP contribution in [0.3, 0.4) is 0 Å². The Labute approximate surface area is 140 Å². The number of fused-ring (bicyclic) bond motifs is 2. The monoisotopic (exact) mass is 322 g/mol. The standard InChI is InChI=1S/C18H18N4S/c1-12-17-16(19-11-20-17)9-10-22(12)18(23)21-15-8-4-6-13-5-2-3-7-14(13)15/h2-8,11-12H,9-10H2,1H3,(H,19,20)(H,21,23). The molecule has 1 unspecified atom stereocenters. The van der Waals surface area contributed by atoms with E-state index in [0.717, 1.165) is 29.5 Å². The van der Waals surface area contributed by atoms with Crippen molar-refractivity contribution < 1.29 is 0 Å². The minimum Gasteiger partial charge on any atom is -0.348 e. The first-order chi connectivity index (χ1) is 11.2. The van der Waals surface area contributed by atoms with Gasteiger partial charge in [-0.15, -0.1) is 0 Å². The third-order valence-electron chi connectivity index (χ3n) is 4.51. The van der Waals surface area contributed by atoms with Gasteiger partial charge in [0.15, 0.2) is 5.11 Å². The number of H-pyrrole nitrogens is 1. The Balaban J connectivity index is 1.61. The summed E-state index contributed by atoms with van der Waals surface area (Å²) < 4.78 is 0. The molecule has 0 fully saturated rings. The lowest BCUT2D eigenvalue weighted by atomic mass is 10.1. The number of thiocarbonyl (C=S) groups is 1. The number of aromatic amines is 1. The van der Waals surface area contributed by atoms with Crippen molar-refractivity contribution >= 4 is 33.8 Å². The highest BCUT2D eigenvalue weighted by atomic mass is 32.1. The molecule has 0 bridgehead atoms. The van der Waals surface area contributed by atoms with Crippen molar-refractivity contribution in [3.63, 3.8) is 0 Å². The Kier molecular flexibility index (Phi) is 3.50. The van der Waals surface area contributed by atoms with Crippen LogP contribution in [0.15, 0.2) is 48.8 Å². The summed E-state index contributed by atoms with van der Waals surface area (Å²) in [4.78, 5) is 9.87. The molecule has 0 saturated carbocycles. The lowest BCUT2D eigenvalue weighted by Crippen LogP contribution is -2.41. The fourth-order valence-electron chi connectivity index (χ4n) is 3.26. The van der Waals surface area contributed by atoms with Crippen LogP contribution < -0.4 is 5.32 Å². The van der Waals surface area contributed by atoms with Crippen LogP contribution in [0.1, 0.15) is 24.4 Å². The second-order valence-corrected chi connectivity index (χ2v) is 6.23. The number of anilines is 1. The van der Waals surface area contributed by atoms with Gasteiger partial charge >= 0.3 is 0 Å². The van der Waals surface area contributed by atoms with Gasteiger partial charge in [-0.3, -0.25) is 0 Å².